The van der Waals surface area contributed by atoms with Crippen molar-refractivity contribution in [3.8, 4) is 50.7 Å². The van der Waals surface area contributed by atoms with Crippen LogP contribution in [0.3, 0.4) is 0 Å². The van der Waals surface area contributed by atoms with Crippen LogP contribution in [-0.4, -0.2) is 15.6 Å². The number of benzene rings is 8. The van der Waals surface area contributed by atoms with Gasteiger partial charge in [-0.15, -0.1) is 23.6 Å². The Kier molecular flexibility index (Phi) is 12.0. The Morgan fingerprint density at radius 3 is 2.01 bits per heavy atom. The van der Waals surface area contributed by atoms with E-state index in [0.29, 0.717) is 45.4 Å². The topological polar surface area (TPSA) is 33.1 Å². The first kappa shape index (κ1) is 44.8. The summed E-state index contributed by atoms with van der Waals surface area (Å²) in [5, 5.41) is 2.05. The molecule has 1 aliphatic rings. The maximum absolute atomic E-state index is 9.72. The molecule has 0 spiro atoms. The van der Waals surface area contributed by atoms with Crippen LogP contribution in [0.2, 0.25) is 0 Å². The Morgan fingerprint density at radius 2 is 1.29 bits per heavy atom. The molecule has 2 aromatic heterocycles. The van der Waals surface area contributed by atoms with E-state index in [0.717, 1.165) is 66.6 Å². The Morgan fingerprint density at radius 1 is 0.592 bits per heavy atom. The van der Waals surface area contributed by atoms with Gasteiger partial charge in [-0.05, 0) is 108 Å². The van der Waals surface area contributed by atoms with E-state index in [1.165, 1.54) is 6.07 Å². The van der Waals surface area contributed by atoms with Crippen molar-refractivity contribution in [2.45, 2.75) is 98.8 Å². The number of ether oxygens (including phenoxy) is 1. The fourth-order valence-electron chi connectivity index (χ4n) is 10.00. The number of pyridine rings is 1. The van der Waals surface area contributed by atoms with Gasteiger partial charge in [0, 0.05) is 37.6 Å². The summed E-state index contributed by atoms with van der Waals surface area (Å²) in [5.74, 6) is 1.21. The first-order valence-electron chi connectivity index (χ1n) is 28.9. The molecule has 76 heavy (non-hydrogen) atoms. The third kappa shape index (κ3) is 10.1. The van der Waals surface area contributed by atoms with Crippen molar-refractivity contribution in [2.75, 3.05) is 0 Å². The van der Waals surface area contributed by atoms with Crippen LogP contribution in [0.1, 0.15) is 107 Å². The van der Waals surface area contributed by atoms with Gasteiger partial charge in [-0.3, -0.25) is 0 Å². The molecule has 0 N–H and O–H groups in total. The normalized spacial score (nSPS) is 14.0. The Bertz CT molecular complexity index is 4220. The van der Waals surface area contributed by atoms with Crippen LogP contribution in [0.5, 0.6) is 11.5 Å². The molecule has 0 radical (unpaired) electrons. The molecule has 0 fully saturated rings. The van der Waals surface area contributed by atoms with E-state index in [1.807, 2.05) is 95.9 Å². The van der Waals surface area contributed by atoms with E-state index in [2.05, 4.69) is 164 Å². The molecule has 6 heteroatoms. The first-order chi connectivity index (χ1) is 38.3. The van der Waals surface area contributed by atoms with Crippen LogP contribution in [0, 0.1) is 18.1 Å². The largest absolute Gasteiger partial charge is 2.00 e. The van der Waals surface area contributed by atoms with Gasteiger partial charge in [0.15, 0.2) is 0 Å². The third-order valence-corrected chi connectivity index (χ3v) is 14.0. The Labute approximate surface area is 472 Å². The monoisotopic (exact) mass is 1180 g/mol. The summed E-state index contributed by atoms with van der Waals surface area (Å²) < 4.78 is 68.2. The Balaban J connectivity index is 0.00000753. The van der Waals surface area contributed by atoms with Crippen molar-refractivity contribution in [3.05, 3.63) is 216 Å². The molecule has 10 aromatic rings. The molecule has 0 aliphatic carbocycles. The van der Waals surface area contributed by atoms with Gasteiger partial charge in [-0.1, -0.05) is 207 Å². The average molecular weight is 1180 g/mol. The summed E-state index contributed by atoms with van der Waals surface area (Å²) >= 11 is 0. The number of fused-ring (bicyclic) bond motifs is 4. The molecule has 0 saturated carbocycles. The molecule has 0 atom stereocenters. The fraction of sp³-hybridized carbons (Fsp3) is 0.229. The minimum Gasteiger partial charge on any atom is -0.509 e. The maximum Gasteiger partial charge on any atom is 2.00 e. The van der Waals surface area contributed by atoms with Gasteiger partial charge in [0.05, 0.1) is 16.6 Å². The molecule has 5 nitrogen and oxygen atoms in total. The number of hydrogen-bond acceptors (Lipinski definition) is 2. The van der Waals surface area contributed by atoms with Crippen LogP contribution >= 0.6 is 0 Å². The summed E-state index contributed by atoms with van der Waals surface area (Å²) in [6.07, 6.45) is 0.0238. The van der Waals surface area contributed by atoms with Crippen molar-refractivity contribution in [1.82, 2.24) is 18.7 Å². The van der Waals surface area contributed by atoms with Crippen molar-refractivity contribution in [1.29, 1.82) is 0 Å². The van der Waals surface area contributed by atoms with E-state index in [4.69, 9.17) is 12.5 Å². The van der Waals surface area contributed by atoms with Crippen LogP contribution in [0.4, 0.5) is 22.7 Å². The average Bonchev–Trinajstić information content (AvgIpc) is 4.20. The molecular formula is C70H66N4OPt+2. The molecule has 3 heterocycles. The number of nitrogens with zero attached hydrogens (tertiary/aromatic N) is 4. The van der Waals surface area contributed by atoms with Crippen molar-refractivity contribution < 1.29 is 34.0 Å². The number of hydrogen-bond donors (Lipinski definition) is 0. The fourth-order valence-corrected chi connectivity index (χ4v) is 10.00. The maximum atomic E-state index is 9.72. The van der Waals surface area contributed by atoms with E-state index in [-0.39, 0.29) is 67.0 Å². The number of rotatable bonds is 10. The second-order valence-electron chi connectivity index (χ2n) is 23.0. The SMILES string of the molecule is [2H]c1cc([2H])c(-c2cccc(-c3cc(C(C)(C)C)cc(C(C)(C)C)c3)c2[N+]2=C=[N+](c3[c-]c(Oc4[c-]c5c(cc4)c4cc(-c6ccccc6)ccc4n5-c4cc(C(C)(C)C)ccn4)ccc3)c3cccc(C([2H])([2H])C(C)C)c32)c([2H])c1[2H].[Pt+2]. The van der Waals surface area contributed by atoms with Gasteiger partial charge in [-0.25, -0.2) is 4.98 Å². The summed E-state index contributed by atoms with van der Waals surface area (Å²) in [6.45, 7) is 23.5. The summed E-state index contributed by atoms with van der Waals surface area (Å²) in [4.78, 5) is 4.93. The molecule has 0 unspecified atom stereocenters. The zero-order valence-corrected chi connectivity index (χ0v) is 47.4. The molecule has 380 valence electrons. The number of para-hydroxylation sites is 2. The third-order valence-electron chi connectivity index (χ3n) is 14.0. The molecule has 0 amide bonds. The predicted octanol–water partition coefficient (Wildman–Crippen LogP) is 18.5. The van der Waals surface area contributed by atoms with Crippen molar-refractivity contribution in [3.63, 3.8) is 0 Å². The molecule has 1 aliphatic heterocycles. The van der Waals surface area contributed by atoms with Gasteiger partial charge in [0.25, 0.3) is 5.69 Å². The molecule has 8 aromatic carbocycles. The van der Waals surface area contributed by atoms with E-state index in [9.17, 15) is 5.48 Å². The molecule has 0 bridgehead atoms. The van der Waals surface area contributed by atoms with E-state index in [1.54, 1.807) is 0 Å². The van der Waals surface area contributed by atoms with Crippen LogP contribution in [0.25, 0.3) is 61.0 Å². The van der Waals surface area contributed by atoms with Crippen LogP contribution in [0.15, 0.2) is 182 Å². The predicted molar refractivity (Wildman–Crippen MR) is 315 cm³/mol. The second kappa shape index (κ2) is 20.3. The quantitative estimate of drug-likeness (QED) is 0.101. The van der Waals surface area contributed by atoms with Gasteiger partial charge in [0.2, 0.25) is 5.69 Å². The molecular weight excluding hydrogens is 1110 g/mol. The molecule has 0 saturated heterocycles. The van der Waals surface area contributed by atoms with Gasteiger partial charge in [0.1, 0.15) is 11.5 Å². The second-order valence-corrected chi connectivity index (χ2v) is 23.0. The van der Waals surface area contributed by atoms with Gasteiger partial charge < -0.3 is 9.30 Å². The van der Waals surface area contributed by atoms with E-state index < -0.39 is 12.3 Å². The minimum atomic E-state index is -1.84. The van der Waals surface area contributed by atoms with Crippen LogP contribution < -0.4 is 13.9 Å². The van der Waals surface area contributed by atoms with Crippen LogP contribution in [-0.2, 0) is 43.7 Å². The van der Waals surface area contributed by atoms with Gasteiger partial charge >= 0.3 is 32.8 Å². The van der Waals surface area contributed by atoms with Gasteiger partial charge in [-0.2, -0.15) is 12.1 Å². The molecule has 11 rings (SSSR count). The number of aromatic nitrogens is 2. The smallest absolute Gasteiger partial charge is 0.509 e. The Hall–Kier alpha value is -7.42. The standard InChI is InChI=1S/C70H66N4O.Pt/c1-46(2)37-50-25-18-30-63-66(50)73(67-58(48-23-16-13-17-24-48)28-20-29-59(67)51-38-53(69(6,7)8)41-54(39-51)70(9,10)11)45-72(63)55-26-19-27-56(43-55)75-57-32-33-60-61-40-49(47-21-14-12-15-22-47)31-34-62(61)74(64(60)44-57)65-42-52(35-36-71-65)68(3,4)5;/h12-36,38-42,46H,37H2,1-11H3;/q;+2/i13D,16D,23D,24D,37D2;. The van der Waals surface area contributed by atoms with Crippen molar-refractivity contribution >= 4 is 50.6 Å². The first-order valence-corrected chi connectivity index (χ1v) is 25.9. The summed E-state index contributed by atoms with van der Waals surface area (Å²) in [7, 11) is 0. The summed E-state index contributed by atoms with van der Waals surface area (Å²) in [5.41, 5.74) is 11.8. The zero-order chi connectivity index (χ0) is 57.7. The van der Waals surface area contributed by atoms with E-state index >= 15 is 0 Å². The van der Waals surface area contributed by atoms with Crippen molar-refractivity contribution in [2.24, 2.45) is 5.92 Å². The minimum absolute atomic E-state index is 0. The summed E-state index contributed by atoms with van der Waals surface area (Å²) in [6, 6.07) is 60.3. The zero-order valence-electron chi connectivity index (χ0n) is 51.1.